The van der Waals surface area contributed by atoms with Crippen LogP contribution in [0.5, 0.6) is 0 Å². The SMILES string of the molecule is Cc1ccc(C)c(N2c3c(sc4ccccc34)N(C)[C@@H]2C)c1. The Hall–Kier alpha value is -2.00. The average Bonchev–Trinajstić information content (AvgIpc) is 2.99. The minimum Gasteiger partial charge on any atom is -0.344 e. The molecule has 3 aromatic rings. The topological polar surface area (TPSA) is 6.48 Å². The Morgan fingerprint density at radius 1 is 1.05 bits per heavy atom. The van der Waals surface area contributed by atoms with Gasteiger partial charge in [0.25, 0.3) is 0 Å². The predicted octanol–water partition coefficient (Wildman–Crippen LogP) is 5.45. The minimum absolute atomic E-state index is 0.339. The van der Waals surface area contributed by atoms with Crippen LogP contribution in [0, 0.1) is 13.8 Å². The van der Waals surface area contributed by atoms with Crippen molar-refractivity contribution in [2.75, 3.05) is 16.8 Å². The molecule has 0 unspecified atom stereocenters. The molecule has 0 spiro atoms. The van der Waals surface area contributed by atoms with E-state index in [0.717, 1.165) is 0 Å². The first kappa shape index (κ1) is 13.6. The zero-order valence-corrected chi connectivity index (χ0v) is 14.2. The predicted molar refractivity (Wildman–Crippen MR) is 97.7 cm³/mol. The first-order chi connectivity index (χ1) is 10.6. The molecule has 3 heteroatoms. The molecule has 1 aliphatic rings. The molecular formula is C19H20N2S. The summed E-state index contributed by atoms with van der Waals surface area (Å²) in [5, 5.41) is 2.73. The monoisotopic (exact) mass is 308 g/mol. The second kappa shape index (κ2) is 4.75. The van der Waals surface area contributed by atoms with Gasteiger partial charge in [-0.3, -0.25) is 0 Å². The highest BCUT2D eigenvalue weighted by molar-refractivity contribution is 7.23. The second-order valence-electron chi connectivity index (χ2n) is 6.15. The molecule has 0 amide bonds. The van der Waals surface area contributed by atoms with Gasteiger partial charge in [-0.2, -0.15) is 0 Å². The molecule has 0 N–H and O–H groups in total. The van der Waals surface area contributed by atoms with Gasteiger partial charge in [-0.15, -0.1) is 11.3 Å². The highest BCUT2D eigenvalue weighted by atomic mass is 32.1. The number of anilines is 3. The molecule has 0 radical (unpaired) electrons. The van der Waals surface area contributed by atoms with Gasteiger partial charge < -0.3 is 9.80 Å². The molecule has 0 aliphatic carbocycles. The molecule has 1 atom stereocenters. The lowest BCUT2D eigenvalue weighted by atomic mass is 10.1. The van der Waals surface area contributed by atoms with Gasteiger partial charge >= 0.3 is 0 Å². The van der Waals surface area contributed by atoms with Gasteiger partial charge in [0.05, 0.1) is 5.69 Å². The molecule has 0 bridgehead atoms. The normalized spacial score (nSPS) is 17.4. The largest absolute Gasteiger partial charge is 0.344 e. The smallest absolute Gasteiger partial charge is 0.118 e. The fraction of sp³-hybridized carbons (Fsp3) is 0.263. The molecule has 4 rings (SSSR count). The molecule has 0 fully saturated rings. The summed E-state index contributed by atoms with van der Waals surface area (Å²) in [4.78, 5) is 4.89. The van der Waals surface area contributed by atoms with E-state index >= 15 is 0 Å². The average molecular weight is 308 g/mol. The third-order valence-corrected chi connectivity index (χ3v) is 5.92. The lowest BCUT2D eigenvalue weighted by Crippen LogP contribution is -2.36. The van der Waals surface area contributed by atoms with Crippen LogP contribution in [-0.2, 0) is 0 Å². The van der Waals surface area contributed by atoms with E-state index in [2.05, 4.69) is 80.1 Å². The molecule has 2 aromatic carbocycles. The maximum absolute atomic E-state index is 2.50. The van der Waals surface area contributed by atoms with Gasteiger partial charge in [0.2, 0.25) is 0 Å². The van der Waals surface area contributed by atoms with Crippen LogP contribution in [0.4, 0.5) is 16.4 Å². The summed E-state index contributed by atoms with van der Waals surface area (Å²) in [7, 11) is 2.20. The number of nitrogens with zero attached hydrogens (tertiary/aromatic N) is 2. The van der Waals surface area contributed by atoms with Crippen molar-refractivity contribution < 1.29 is 0 Å². The Morgan fingerprint density at radius 3 is 2.64 bits per heavy atom. The van der Waals surface area contributed by atoms with Crippen molar-refractivity contribution in [2.45, 2.75) is 26.9 Å². The van der Waals surface area contributed by atoms with Crippen molar-refractivity contribution in [3.8, 4) is 0 Å². The van der Waals surface area contributed by atoms with Crippen molar-refractivity contribution in [3.63, 3.8) is 0 Å². The van der Waals surface area contributed by atoms with Gasteiger partial charge in [0.15, 0.2) is 0 Å². The lowest BCUT2D eigenvalue weighted by Gasteiger charge is -2.29. The van der Waals surface area contributed by atoms with E-state index in [9.17, 15) is 0 Å². The zero-order chi connectivity index (χ0) is 15.4. The zero-order valence-electron chi connectivity index (χ0n) is 13.4. The number of rotatable bonds is 1. The van der Waals surface area contributed by atoms with E-state index in [-0.39, 0.29) is 0 Å². The number of thiophene rings is 1. The summed E-state index contributed by atoms with van der Waals surface area (Å²) in [6, 6.07) is 15.5. The maximum Gasteiger partial charge on any atom is 0.118 e. The van der Waals surface area contributed by atoms with Crippen molar-refractivity contribution in [1.82, 2.24) is 0 Å². The lowest BCUT2D eigenvalue weighted by molar-refractivity contribution is 0.735. The molecule has 1 aliphatic heterocycles. The molecule has 0 saturated carbocycles. The summed E-state index contributed by atoms with van der Waals surface area (Å²) in [6.07, 6.45) is 0.339. The molecule has 112 valence electrons. The number of aryl methyl sites for hydroxylation is 2. The quantitative estimate of drug-likeness (QED) is 0.589. The van der Waals surface area contributed by atoms with Gasteiger partial charge in [0, 0.05) is 22.8 Å². The summed E-state index contributed by atoms with van der Waals surface area (Å²) in [5.41, 5.74) is 5.32. The van der Waals surface area contributed by atoms with Crippen LogP contribution in [0.2, 0.25) is 0 Å². The van der Waals surface area contributed by atoms with E-state index < -0.39 is 0 Å². The van der Waals surface area contributed by atoms with Crippen LogP contribution >= 0.6 is 11.3 Å². The maximum atomic E-state index is 2.50. The third-order valence-electron chi connectivity index (χ3n) is 4.67. The van der Waals surface area contributed by atoms with Crippen LogP contribution in [0.1, 0.15) is 18.1 Å². The Labute approximate surface area is 135 Å². The number of hydrogen-bond acceptors (Lipinski definition) is 3. The van der Waals surface area contributed by atoms with Gasteiger partial charge in [0.1, 0.15) is 11.2 Å². The van der Waals surface area contributed by atoms with Gasteiger partial charge in [-0.25, -0.2) is 0 Å². The second-order valence-corrected chi connectivity index (χ2v) is 7.19. The van der Waals surface area contributed by atoms with Crippen LogP contribution in [-0.4, -0.2) is 13.2 Å². The number of hydrogen-bond donors (Lipinski definition) is 0. The molecule has 2 heterocycles. The van der Waals surface area contributed by atoms with Crippen molar-refractivity contribution in [1.29, 1.82) is 0 Å². The molecule has 22 heavy (non-hydrogen) atoms. The Bertz CT molecular complexity index is 865. The van der Waals surface area contributed by atoms with Crippen LogP contribution in [0.15, 0.2) is 42.5 Å². The molecule has 2 nitrogen and oxygen atoms in total. The van der Waals surface area contributed by atoms with E-state index in [1.54, 1.807) is 0 Å². The van der Waals surface area contributed by atoms with Crippen molar-refractivity contribution in [3.05, 3.63) is 53.6 Å². The van der Waals surface area contributed by atoms with E-state index in [1.807, 2.05) is 11.3 Å². The molecular weight excluding hydrogens is 288 g/mol. The first-order valence-corrected chi connectivity index (χ1v) is 8.50. The summed E-state index contributed by atoms with van der Waals surface area (Å²) in [5.74, 6) is 0. The molecule has 1 aromatic heterocycles. The van der Waals surface area contributed by atoms with Gasteiger partial charge in [-0.1, -0.05) is 30.3 Å². The first-order valence-electron chi connectivity index (χ1n) is 7.69. The summed E-state index contributed by atoms with van der Waals surface area (Å²) in [6.45, 7) is 6.65. The van der Waals surface area contributed by atoms with Gasteiger partial charge in [-0.05, 0) is 44.0 Å². The van der Waals surface area contributed by atoms with Crippen LogP contribution in [0.3, 0.4) is 0 Å². The highest BCUT2D eigenvalue weighted by Crippen LogP contribution is 2.53. The van der Waals surface area contributed by atoms with Crippen molar-refractivity contribution in [2.24, 2.45) is 0 Å². The van der Waals surface area contributed by atoms with Crippen molar-refractivity contribution >= 4 is 37.8 Å². The van der Waals surface area contributed by atoms with E-state index in [0.29, 0.717) is 6.17 Å². The minimum atomic E-state index is 0.339. The van der Waals surface area contributed by atoms with Crippen LogP contribution < -0.4 is 9.80 Å². The number of fused-ring (bicyclic) bond motifs is 3. The standard InChI is InChI=1S/C19H20N2S/c1-12-9-10-13(2)16(11-12)21-14(3)20(4)19-18(21)15-7-5-6-8-17(15)22-19/h5-11,14H,1-4H3/t14-/m0/s1. The molecule has 0 saturated heterocycles. The highest BCUT2D eigenvalue weighted by Gasteiger charge is 2.35. The fourth-order valence-electron chi connectivity index (χ4n) is 3.32. The number of benzene rings is 2. The third kappa shape index (κ3) is 1.78. The summed E-state index contributed by atoms with van der Waals surface area (Å²) >= 11 is 1.89. The Kier molecular flexibility index (Phi) is 2.95. The summed E-state index contributed by atoms with van der Waals surface area (Å²) < 4.78 is 1.36. The Morgan fingerprint density at radius 2 is 1.82 bits per heavy atom. The van der Waals surface area contributed by atoms with E-state index in [1.165, 1.54) is 37.6 Å². The van der Waals surface area contributed by atoms with E-state index in [4.69, 9.17) is 0 Å². The fourth-order valence-corrected chi connectivity index (χ4v) is 4.55. The Balaban J connectivity index is 2.00. The van der Waals surface area contributed by atoms with Crippen LogP contribution in [0.25, 0.3) is 10.1 Å².